The van der Waals surface area contributed by atoms with Crippen molar-refractivity contribution in [2.24, 2.45) is 0 Å². The molecule has 0 unspecified atom stereocenters. The predicted octanol–water partition coefficient (Wildman–Crippen LogP) is 1.08. The highest BCUT2D eigenvalue weighted by Crippen LogP contribution is 2.03. The van der Waals surface area contributed by atoms with Gasteiger partial charge in [0.1, 0.15) is 0 Å². The molecule has 1 rings (SSSR count). The van der Waals surface area contributed by atoms with Gasteiger partial charge in [0.15, 0.2) is 0 Å². The molecule has 0 spiro atoms. The van der Waals surface area contributed by atoms with Crippen molar-refractivity contribution in [2.75, 3.05) is 32.8 Å². The standard InChI is InChI=1S/C10H20N2O2.2ClH/c1-3-14-10(13)4-6-12-7-5-11-8-9(12)2;;/h9,11H,3-8H2,1-2H3;2*1H/t9-;;/m1../s1. The van der Waals surface area contributed by atoms with Crippen molar-refractivity contribution in [3.8, 4) is 0 Å². The summed E-state index contributed by atoms with van der Waals surface area (Å²) >= 11 is 0. The van der Waals surface area contributed by atoms with E-state index in [1.165, 1.54) is 0 Å². The number of hydrogen-bond acceptors (Lipinski definition) is 4. The van der Waals surface area contributed by atoms with Gasteiger partial charge in [0.2, 0.25) is 0 Å². The number of ether oxygens (including phenoxy) is 1. The highest BCUT2D eigenvalue weighted by atomic mass is 35.5. The van der Waals surface area contributed by atoms with Crippen LogP contribution in [0.25, 0.3) is 0 Å². The summed E-state index contributed by atoms with van der Waals surface area (Å²) in [5.74, 6) is -0.0850. The zero-order chi connectivity index (χ0) is 10.4. The molecule has 1 N–H and O–H groups in total. The fraction of sp³-hybridized carbons (Fsp3) is 0.900. The van der Waals surface area contributed by atoms with Gasteiger partial charge < -0.3 is 10.1 Å². The Morgan fingerprint density at radius 1 is 1.50 bits per heavy atom. The molecule has 0 bridgehead atoms. The van der Waals surface area contributed by atoms with Gasteiger partial charge in [-0.15, -0.1) is 24.8 Å². The zero-order valence-electron chi connectivity index (χ0n) is 9.90. The SMILES string of the molecule is CCOC(=O)CCN1CCNC[C@H]1C.Cl.Cl. The lowest BCUT2D eigenvalue weighted by molar-refractivity contribution is -0.143. The molecule has 0 aliphatic carbocycles. The Morgan fingerprint density at radius 2 is 2.19 bits per heavy atom. The number of nitrogens with zero attached hydrogens (tertiary/aromatic N) is 1. The average molecular weight is 273 g/mol. The molecule has 1 aliphatic heterocycles. The van der Waals surface area contributed by atoms with E-state index in [1.807, 2.05) is 6.92 Å². The van der Waals surface area contributed by atoms with Gasteiger partial charge in [-0.2, -0.15) is 0 Å². The Hall–Kier alpha value is -0.0300. The molecule has 0 aromatic heterocycles. The van der Waals surface area contributed by atoms with Gasteiger partial charge in [0.05, 0.1) is 13.0 Å². The van der Waals surface area contributed by atoms with Crippen molar-refractivity contribution < 1.29 is 9.53 Å². The van der Waals surface area contributed by atoms with Crippen molar-refractivity contribution in [1.82, 2.24) is 10.2 Å². The smallest absolute Gasteiger partial charge is 0.307 e. The van der Waals surface area contributed by atoms with Gasteiger partial charge in [0.25, 0.3) is 0 Å². The van der Waals surface area contributed by atoms with E-state index in [2.05, 4.69) is 17.1 Å². The number of carbonyl (C=O) groups excluding carboxylic acids is 1. The third-order valence-corrected chi connectivity index (χ3v) is 2.55. The van der Waals surface area contributed by atoms with Crippen molar-refractivity contribution in [1.29, 1.82) is 0 Å². The van der Waals surface area contributed by atoms with Crippen LogP contribution in [-0.2, 0) is 9.53 Å². The fourth-order valence-electron chi connectivity index (χ4n) is 1.68. The number of rotatable bonds is 4. The van der Waals surface area contributed by atoms with Crippen LogP contribution in [0.4, 0.5) is 0 Å². The Morgan fingerprint density at radius 3 is 2.75 bits per heavy atom. The third kappa shape index (κ3) is 6.53. The molecule has 1 atom stereocenters. The van der Waals surface area contributed by atoms with Crippen LogP contribution in [0.3, 0.4) is 0 Å². The minimum absolute atomic E-state index is 0. The van der Waals surface area contributed by atoms with Crippen LogP contribution in [0.15, 0.2) is 0 Å². The fourth-order valence-corrected chi connectivity index (χ4v) is 1.68. The van der Waals surface area contributed by atoms with Crippen LogP contribution in [0, 0.1) is 0 Å². The topological polar surface area (TPSA) is 41.6 Å². The average Bonchev–Trinajstić information content (AvgIpc) is 2.17. The number of hydrogen-bond donors (Lipinski definition) is 1. The van der Waals surface area contributed by atoms with E-state index in [4.69, 9.17) is 4.74 Å². The largest absolute Gasteiger partial charge is 0.466 e. The van der Waals surface area contributed by atoms with Crippen LogP contribution >= 0.6 is 24.8 Å². The van der Waals surface area contributed by atoms with Crippen molar-refractivity contribution >= 4 is 30.8 Å². The minimum Gasteiger partial charge on any atom is -0.466 e. The van der Waals surface area contributed by atoms with E-state index in [1.54, 1.807) is 0 Å². The lowest BCUT2D eigenvalue weighted by atomic mass is 10.2. The Balaban J connectivity index is 0. The third-order valence-electron chi connectivity index (χ3n) is 2.55. The van der Waals surface area contributed by atoms with E-state index in [0.717, 1.165) is 26.2 Å². The van der Waals surface area contributed by atoms with Gasteiger partial charge in [-0.3, -0.25) is 9.69 Å². The van der Waals surface area contributed by atoms with Gasteiger partial charge in [-0.1, -0.05) is 0 Å². The first-order valence-corrected chi connectivity index (χ1v) is 5.34. The highest BCUT2D eigenvalue weighted by Gasteiger charge is 2.18. The Bertz CT molecular complexity index is 194. The molecule has 6 heteroatoms. The first-order valence-electron chi connectivity index (χ1n) is 5.34. The normalized spacial score (nSPS) is 20.5. The molecular formula is C10H22Cl2N2O2. The quantitative estimate of drug-likeness (QED) is 0.778. The minimum atomic E-state index is -0.0850. The van der Waals surface area contributed by atoms with Crippen LogP contribution in [-0.4, -0.2) is 49.7 Å². The summed E-state index contributed by atoms with van der Waals surface area (Å²) in [7, 11) is 0. The maximum absolute atomic E-state index is 11.1. The first kappa shape index (κ1) is 18.3. The first-order chi connectivity index (χ1) is 6.74. The predicted molar refractivity (Wildman–Crippen MR) is 69.7 cm³/mol. The van der Waals surface area contributed by atoms with E-state index in [0.29, 0.717) is 19.1 Å². The van der Waals surface area contributed by atoms with E-state index in [9.17, 15) is 4.79 Å². The molecule has 0 saturated carbocycles. The summed E-state index contributed by atoms with van der Waals surface area (Å²) in [5, 5.41) is 3.32. The van der Waals surface area contributed by atoms with Gasteiger partial charge >= 0.3 is 5.97 Å². The van der Waals surface area contributed by atoms with Crippen molar-refractivity contribution in [3.05, 3.63) is 0 Å². The molecule has 1 fully saturated rings. The van der Waals surface area contributed by atoms with Crippen LogP contribution in [0.5, 0.6) is 0 Å². The second-order valence-corrected chi connectivity index (χ2v) is 3.64. The Labute approximate surface area is 110 Å². The van der Waals surface area contributed by atoms with Crippen LogP contribution in [0.1, 0.15) is 20.3 Å². The van der Waals surface area contributed by atoms with Gasteiger partial charge in [0, 0.05) is 32.2 Å². The second kappa shape index (κ2) is 10.1. The van der Waals surface area contributed by atoms with Crippen LogP contribution < -0.4 is 5.32 Å². The maximum atomic E-state index is 11.1. The number of piperazine rings is 1. The van der Waals surface area contributed by atoms with Gasteiger partial charge in [-0.05, 0) is 13.8 Å². The molecular weight excluding hydrogens is 251 g/mol. The maximum Gasteiger partial charge on any atom is 0.307 e. The van der Waals surface area contributed by atoms with E-state index >= 15 is 0 Å². The lowest BCUT2D eigenvalue weighted by Gasteiger charge is -2.33. The number of halogens is 2. The number of nitrogens with one attached hydrogen (secondary N) is 1. The lowest BCUT2D eigenvalue weighted by Crippen LogP contribution is -2.50. The highest BCUT2D eigenvalue weighted by molar-refractivity contribution is 5.85. The molecule has 4 nitrogen and oxygen atoms in total. The summed E-state index contributed by atoms with van der Waals surface area (Å²) in [6.07, 6.45) is 0.512. The second-order valence-electron chi connectivity index (χ2n) is 3.64. The molecule has 0 amide bonds. The molecule has 0 aromatic rings. The van der Waals surface area contributed by atoms with Crippen LogP contribution in [0.2, 0.25) is 0 Å². The number of esters is 1. The molecule has 0 radical (unpaired) electrons. The van der Waals surface area contributed by atoms with Gasteiger partial charge in [-0.25, -0.2) is 0 Å². The summed E-state index contributed by atoms with van der Waals surface area (Å²) in [5.41, 5.74) is 0. The summed E-state index contributed by atoms with van der Waals surface area (Å²) in [4.78, 5) is 13.5. The molecule has 16 heavy (non-hydrogen) atoms. The summed E-state index contributed by atoms with van der Waals surface area (Å²) in [6.45, 7) is 8.39. The molecule has 98 valence electrons. The van der Waals surface area contributed by atoms with E-state index in [-0.39, 0.29) is 30.8 Å². The monoisotopic (exact) mass is 272 g/mol. The van der Waals surface area contributed by atoms with Crippen molar-refractivity contribution in [2.45, 2.75) is 26.3 Å². The molecule has 0 aromatic carbocycles. The van der Waals surface area contributed by atoms with E-state index < -0.39 is 0 Å². The molecule has 1 heterocycles. The summed E-state index contributed by atoms with van der Waals surface area (Å²) < 4.78 is 4.89. The Kier molecular flexibility index (Phi) is 11.6. The van der Waals surface area contributed by atoms with Crippen molar-refractivity contribution in [3.63, 3.8) is 0 Å². The number of carbonyl (C=O) groups is 1. The summed E-state index contributed by atoms with van der Waals surface area (Å²) in [6, 6.07) is 0.526. The molecule has 1 aliphatic rings. The zero-order valence-corrected chi connectivity index (χ0v) is 11.5. The molecule has 1 saturated heterocycles.